The van der Waals surface area contributed by atoms with Crippen molar-refractivity contribution in [2.24, 2.45) is 0 Å². The Morgan fingerprint density at radius 3 is 2.56 bits per heavy atom. The second-order valence-electron chi connectivity index (χ2n) is 3.56. The van der Waals surface area contributed by atoms with Crippen molar-refractivity contribution in [1.29, 1.82) is 0 Å². The Bertz CT molecular complexity index is 575. The molecule has 0 radical (unpaired) electrons. The molecule has 18 heavy (non-hydrogen) atoms. The summed E-state index contributed by atoms with van der Waals surface area (Å²) in [7, 11) is 0. The van der Waals surface area contributed by atoms with Crippen LogP contribution in [0.1, 0.15) is 5.56 Å². The summed E-state index contributed by atoms with van der Waals surface area (Å²) in [5.74, 6) is 0.0453. The van der Waals surface area contributed by atoms with Gasteiger partial charge in [-0.3, -0.25) is 0 Å². The molecule has 0 atom stereocenters. The van der Waals surface area contributed by atoms with E-state index in [1.165, 1.54) is 36.4 Å². The summed E-state index contributed by atoms with van der Waals surface area (Å²) in [5.41, 5.74) is 0.662. The Hall–Kier alpha value is -1.13. The molecule has 0 bridgehead atoms. The minimum Gasteiger partial charge on any atom is -0.457 e. The van der Waals surface area contributed by atoms with Crippen LogP contribution in [0.25, 0.3) is 0 Å². The van der Waals surface area contributed by atoms with Crippen LogP contribution in [0.15, 0.2) is 36.4 Å². The summed E-state index contributed by atoms with van der Waals surface area (Å²) in [6.45, 7) is 0. The Labute approximate surface area is 116 Å². The normalized spacial score (nSPS) is 10.4. The molecule has 0 aliphatic rings. The van der Waals surface area contributed by atoms with E-state index in [9.17, 15) is 8.78 Å². The fourth-order valence-electron chi connectivity index (χ4n) is 1.42. The third-order valence-corrected chi connectivity index (χ3v) is 3.18. The molecule has 0 aliphatic carbocycles. The first-order valence-corrected chi connectivity index (χ1v) is 6.57. The second-order valence-corrected chi connectivity index (χ2v) is 4.53. The highest BCUT2D eigenvalue weighted by Crippen LogP contribution is 2.29. The van der Waals surface area contributed by atoms with Crippen molar-refractivity contribution in [2.45, 2.75) is 5.33 Å². The summed E-state index contributed by atoms with van der Waals surface area (Å²) in [4.78, 5) is 0. The van der Waals surface area contributed by atoms with Gasteiger partial charge in [0.05, 0.1) is 5.02 Å². The van der Waals surface area contributed by atoms with E-state index in [4.69, 9.17) is 16.3 Å². The lowest BCUT2D eigenvalue weighted by atomic mass is 10.2. The number of hydrogen-bond acceptors (Lipinski definition) is 1. The average Bonchev–Trinajstić information content (AvgIpc) is 2.36. The molecule has 0 amide bonds. The van der Waals surface area contributed by atoms with Crippen molar-refractivity contribution in [3.63, 3.8) is 0 Å². The molecule has 0 fully saturated rings. The van der Waals surface area contributed by atoms with E-state index in [1.54, 1.807) is 0 Å². The maximum absolute atomic E-state index is 13.0. The van der Waals surface area contributed by atoms with E-state index in [1.807, 2.05) is 0 Å². The monoisotopic (exact) mass is 332 g/mol. The van der Waals surface area contributed by atoms with Crippen LogP contribution < -0.4 is 4.74 Å². The first-order valence-electron chi connectivity index (χ1n) is 5.07. The highest BCUT2D eigenvalue weighted by molar-refractivity contribution is 9.08. The third-order valence-electron chi connectivity index (χ3n) is 2.29. The van der Waals surface area contributed by atoms with E-state index in [0.717, 1.165) is 0 Å². The molecule has 0 heterocycles. The fraction of sp³-hybridized carbons (Fsp3) is 0.0769. The van der Waals surface area contributed by atoms with E-state index in [-0.39, 0.29) is 10.8 Å². The summed E-state index contributed by atoms with van der Waals surface area (Å²) in [6.07, 6.45) is 0. The Morgan fingerprint density at radius 2 is 1.89 bits per heavy atom. The highest BCUT2D eigenvalue weighted by atomic mass is 79.9. The van der Waals surface area contributed by atoms with E-state index in [0.29, 0.717) is 22.4 Å². The number of rotatable bonds is 3. The van der Waals surface area contributed by atoms with Gasteiger partial charge in [-0.1, -0.05) is 27.5 Å². The van der Waals surface area contributed by atoms with Crippen LogP contribution in [0.3, 0.4) is 0 Å². The van der Waals surface area contributed by atoms with Gasteiger partial charge in [-0.2, -0.15) is 0 Å². The number of benzene rings is 2. The Balaban J connectivity index is 2.30. The molecule has 0 unspecified atom stereocenters. The van der Waals surface area contributed by atoms with Crippen molar-refractivity contribution in [3.8, 4) is 11.5 Å². The van der Waals surface area contributed by atoms with Crippen LogP contribution in [0, 0.1) is 11.6 Å². The van der Waals surface area contributed by atoms with Crippen LogP contribution in [0.5, 0.6) is 11.5 Å². The van der Waals surface area contributed by atoms with Gasteiger partial charge in [0.2, 0.25) is 0 Å². The van der Waals surface area contributed by atoms with E-state index in [2.05, 4.69) is 15.9 Å². The van der Waals surface area contributed by atoms with Gasteiger partial charge in [0.15, 0.2) is 0 Å². The van der Waals surface area contributed by atoms with Crippen LogP contribution in [-0.2, 0) is 5.33 Å². The zero-order chi connectivity index (χ0) is 13.1. The first-order chi connectivity index (χ1) is 8.60. The van der Waals surface area contributed by atoms with Crippen LogP contribution in [-0.4, -0.2) is 0 Å². The van der Waals surface area contributed by atoms with Crippen molar-refractivity contribution >= 4 is 27.5 Å². The van der Waals surface area contributed by atoms with Gasteiger partial charge in [0.25, 0.3) is 0 Å². The SMILES string of the molecule is Fc1ccc(Oc2ccc(F)c(Cl)c2)c(CBr)c1. The third kappa shape index (κ3) is 3.00. The zero-order valence-electron chi connectivity index (χ0n) is 9.09. The smallest absolute Gasteiger partial charge is 0.142 e. The number of ether oxygens (including phenoxy) is 1. The quantitative estimate of drug-likeness (QED) is 0.692. The highest BCUT2D eigenvalue weighted by Gasteiger charge is 2.07. The average molecular weight is 334 g/mol. The van der Waals surface area contributed by atoms with Crippen molar-refractivity contribution in [2.75, 3.05) is 0 Å². The minimum atomic E-state index is -0.510. The summed E-state index contributed by atoms with van der Waals surface area (Å²) >= 11 is 8.90. The van der Waals surface area contributed by atoms with Gasteiger partial charge < -0.3 is 4.74 Å². The molecule has 0 N–H and O–H groups in total. The summed E-state index contributed by atoms with van der Waals surface area (Å²) < 4.78 is 31.6. The molecule has 2 aromatic rings. The fourth-order valence-corrected chi connectivity index (χ4v) is 2.03. The molecule has 2 aromatic carbocycles. The number of halogens is 4. The topological polar surface area (TPSA) is 9.23 Å². The molecule has 0 saturated carbocycles. The molecular weight excluding hydrogens is 325 g/mol. The second kappa shape index (κ2) is 5.67. The molecular formula is C13H8BrClF2O. The van der Waals surface area contributed by atoms with Crippen LogP contribution >= 0.6 is 27.5 Å². The van der Waals surface area contributed by atoms with Gasteiger partial charge in [-0.15, -0.1) is 0 Å². The molecule has 2 rings (SSSR count). The minimum absolute atomic E-state index is 0.0185. The van der Waals surface area contributed by atoms with Gasteiger partial charge in [-0.05, 0) is 30.3 Å². The van der Waals surface area contributed by atoms with Gasteiger partial charge in [0, 0.05) is 17.0 Å². The van der Waals surface area contributed by atoms with Gasteiger partial charge >= 0.3 is 0 Å². The molecule has 5 heteroatoms. The molecule has 0 aliphatic heterocycles. The lowest BCUT2D eigenvalue weighted by Gasteiger charge is -2.10. The Kier molecular flexibility index (Phi) is 4.19. The molecule has 1 nitrogen and oxygen atoms in total. The lowest BCUT2D eigenvalue weighted by molar-refractivity contribution is 0.474. The Morgan fingerprint density at radius 1 is 1.11 bits per heavy atom. The molecule has 0 saturated heterocycles. The summed E-state index contributed by atoms with van der Waals surface area (Å²) in [5, 5.41) is 0.435. The van der Waals surface area contributed by atoms with Gasteiger partial charge in [0.1, 0.15) is 23.1 Å². The van der Waals surface area contributed by atoms with Crippen LogP contribution in [0.4, 0.5) is 8.78 Å². The summed E-state index contributed by atoms with van der Waals surface area (Å²) in [6, 6.07) is 8.24. The van der Waals surface area contributed by atoms with Crippen molar-refractivity contribution in [1.82, 2.24) is 0 Å². The predicted octanol–water partition coefficient (Wildman–Crippen LogP) is 5.31. The van der Waals surface area contributed by atoms with E-state index < -0.39 is 5.82 Å². The van der Waals surface area contributed by atoms with Crippen molar-refractivity contribution < 1.29 is 13.5 Å². The predicted molar refractivity (Wildman–Crippen MR) is 70.5 cm³/mol. The van der Waals surface area contributed by atoms with Crippen molar-refractivity contribution in [3.05, 3.63) is 58.6 Å². The molecule has 94 valence electrons. The van der Waals surface area contributed by atoms with E-state index >= 15 is 0 Å². The molecule has 0 aromatic heterocycles. The maximum Gasteiger partial charge on any atom is 0.142 e. The largest absolute Gasteiger partial charge is 0.457 e. The maximum atomic E-state index is 13.0. The number of alkyl halides is 1. The number of hydrogen-bond donors (Lipinski definition) is 0. The van der Waals surface area contributed by atoms with Crippen LogP contribution in [0.2, 0.25) is 5.02 Å². The standard InChI is InChI=1S/C13H8BrClF2O/c14-7-8-5-9(16)1-4-13(8)18-10-2-3-12(17)11(15)6-10/h1-6H,7H2. The zero-order valence-corrected chi connectivity index (χ0v) is 11.4. The lowest BCUT2D eigenvalue weighted by Crippen LogP contribution is -1.91. The first kappa shape index (κ1) is 13.3. The van der Waals surface area contributed by atoms with Gasteiger partial charge in [-0.25, -0.2) is 8.78 Å². The molecule has 0 spiro atoms.